The van der Waals surface area contributed by atoms with Gasteiger partial charge < -0.3 is 10.1 Å². The summed E-state index contributed by atoms with van der Waals surface area (Å²) in [5, 5.41) is 5.67. The van der Waals surface area contributed by atoms with E-state index in [1.54, 1.807) is 32.0 Å². The number of nitrogens with one attached hydrogen (secondary N) is 2. The van der Waals surface area contributed by atoms with Gasteiger partial charge in [0.15, 0.2) is 0 Å². The Morgan fingerprint density at radius 2 is 1.73 bits per heavy atom. The molecule has 0 heterocycles. The van der Waals surface area contributed by atoms with Crippen LogP contribution in [0.15, 0.2) is 36.4 Å². The predicted molar refractivity (Wildman–Crippen MR) is 101 cm³/mol. The van der Waals surface area contributed by atoms with E-state index in [1.165, 1.54) is 19.2 Å². The van der Waals surface area contributed by atoms with Gasteiger partial charge in [0.2, 0.25) is 5.91 Å². The van der Waals surface area contributed by atoms with Crippen LogP contribution in [-0.2, 0) is 14.9 Å². The Bertz CT molecular complexity index is 856. The SMILES string of the molecule is COC(=O)Nc1cc(NC(=O)C(C)(C)c2ccc(Cl)c(Cl)c2)ccc1F. The summed E-state index contributed by atoms with van der Waals surface area (Å²) in [6, 6.07) is 8.77. The molecule has 0 saturated carbocycles. The molecule has 5 nitrogen and oxygen atoms in total. The number of hydrogen-bond donors (Lipinski definition) is 2. The zero-order chi connectivity index (χ0) is 19.5. The Kier molecular flexibility index (Phi) is 6.10. The molecule has 0 unspecified atom stereocenters. The number of halogens is 3. The Hall–Kier alpha value is -2.31. The molecule has 0 aliphatic carbocycles. The minimum Gasteiger partial charge on any atom is -0.453 e. The second kappa shape index (κ2) is 7.93. The van der Waals surface area contributed by atoms with Gasteiger partial charge in [0.25, 0.3) is 0 Å². The normalized spacial score (nSPS) is 11.0. The van der Waals surface area contributed by atoms with E-state index in [9.17, 15) is 14.0 Å². The molecular formula is C18H17Cl2FN2O3. The number of methoxy groups -OCH3 is 1. The number of ether oxygens (including phenoxy) is 1. The maximum atomic E-state index is 13.8. The van der Waals surface area contributed by atoms with E-state index in [1.807, 2.05) is 0 Å². The van der Waals surface area contributed by atoms with Crippen molar-refractivity contribution in [3.05, 3.63) is 57.8 Å². The molecule has 0 saturated heterocycles. The third-order valence-corrected chi connectivity index (χ3v) is 4.59. The first-order chi connectivity index (χ1) is 12.1. The van der Waals surface area contributed by atoms with Gasteiger partial charge >= 0.3 is 6.09 Å². The molecule has 0 spiro atoms. The monoisotopic (exact) mass is 398 g/mol. The van der Waals surface area contributed by atoms with E-state index in [-0.39, 0.29) is 11.6 Å². The molecule has 26 heavy (non-hydrogen) atoms. The second-order valence-electron chi connectivity index (χ2n) is 6.02. The number of rotatable bonds is 4. The first kappa shape index (κ1) is 20.0. The van der Waals surface area contributed by atoms with E-state index < -0.39 is 17.3 Å². The molecule has 0 aromatic heterocycles. The van der Waals surface area contributed by atoms with Crippen molar-refractivity contribution in [2.75, 3.05) is 17.7 Å². The highest BCUT2D eigenvalue weighted by Crippen LogP contribution is 2.31. The second-order valence-corrected chi connectivity index (χ2v) is 6.83. The molecule has 2 amide bonds. The van der Waals surface area contributed by atoms with Crippen molar-refractivity contribution >= 4 is 46.6 Å². The van der Waals surface area contributed by atoms with Crippen LogP contribution in [0.25, 0.3) is 0 Å². The fourth-order valence-electron chi connectivity index (χ4n) is 2.16. The van der Waals surface area contributed by atoms with Crippen LogP contribution in [-0.4, -0.2) is 19.1 Å². The Labute approximate surface area is 160 Å². The highest BCUT2D eigenvalue weighted by Gasteiger charge is 2.30. The van der Waals surface area contributed by atoms with Gasteiger partial charge in [-0.15, -0.1) is 0 Å². The maximum absolute atomic E-state index is 13.8. The molecule has 0 aliphatic heterocycles. The van der Waals surface area contributed by atoms with Gasteiger partial charge in [-0.1, -0.05) is 29.3 Å². The van der Waals surface area contributed by atoms with Crippen molar-refractivity contribution in [2.45, 2.75) is 19.3 Å². The number of carbonyl (C=O) groups is 2. The zero-order valence-electron chi connectivity index (χ0n) is 14.3. The van der Waals surface area contributed by atoms with Crippen molar-refractivity contribution < 1.29 is 18.7 Å². The van der Waals surface area contributed by atoms with Crippen LogP contribution in [0.4, 0.5) is 20.6 Å². The summed E-state index contributed by atoms with van der Waals surface area (Å²) < 4.78 is 18.2. The molecule has 0 radical (unpaired) electrons. The molecule has 0 aliphatic rings. The number of amides is 2. The van der Waals surface area contributed by atoms with Crippen LogP contribution in [0.1, 0.15) is 19.4 Å². The topological polar surface area (TPSA) is 67.4 Å². The van der Waals surface area contributed by atoms with Crippen molar-refractivity contribution in [1.29, 1.82) is 0 Å². The van der Waals surface area contributed by atoms with Gasteiger partial charge in [0.05, 0.1) is 28.3 Å². The number of benzene rings is 2. The summed E-state index contributed by atoms with van der Waals surface area (Å²) >= 11 is 11.9. The first-order valence-corrected chi connectivity index (χ1v) is 8.32. The van der Waals surface area contributed by atoms with E-state index >= 15 is 0 Å². The van der Waals surface area contributed by atoms with Gasteiger partial charge in [0.1, 0.15) is 5.82 Å². The van der Waals surface area contributed by atoms with E-state index in [0.717, 1.165) is 6.07 Å². The van der Waals surface area contributed by atoms with Gasteiger partial charge in [-0.3, -0.25) is 10.1 Å². The molecule has 8 heteroatoms. The standard InChI is InChI=1S/C18H17Cl2FN2O3/c1-18(2,10-4-6-12(19)13(20)8-10)16(24)22-11-5-7-14(21)15(9-11)23-17(25)26-3/h4-9H,1-3H3,(H,22,24)(H,23,25). The average Bonchev–Trinajstić information content (AvgIpc) is 2.59. The Morgan fingerprint density at radius 1 is 1.04 bits per heavy atom. The van der Waals surface area contributed by atoms with Crippen molar-refractivity contribution in [1.82, 2.24) is 0 Å². The lowest BCUT2D eigenvalue weighted by molar-refractivity contribution is -0.120. The van der Waals surface area contributed by atoms with Crippen molar-refractivity contribution in [2.24, 2.45) is 0 Å². The zero-order valence-corrected chi connectivity index (χ0v) is 15.8. The third-order valence-electron chi connectivity index (χ3n) is 3.86. The predicted octanol–water partition coefficient (Wildman–Crippen LogP) is 5.23. The fourth-order valence-corrected chi connectivity index (χ4v) is 2.46. The van der Waals surface area contributed by atoms with Gasteiger partial charge in [0, 0.05) is 5.69 Å². The maximum Gasteiger partial charge on any atom is 0.411 e. The Balaban J connectivity index is 2.24. The van der Waals surface area contributed by atoms with E-state index in [0.29, 0.717) is 21.3 Å². The smallest absolute Gasteiger partial charge is 0.411 e. The lowest BCUT2D eigenvalue weighted by atomic mass is 9.83. The van der Waals surface area contributed by atoms with Crippen LogP contribution in [0.5, 0.6) is 0 Å². The largest absolute Gasteiger partial charge is 0.453 e. The number of hydrogen-bond acceptors (Lipinski definition) is 3. The molecule has 2 aromatic carbocycles. The molecule has 2 rings (SSSR count). The van der Waals surface area contributed by atoms with Gasteiger partial charge in [-0.05, 0) is 49.7 Å². The van der Waals surface area contributed by atoms with Crippen molar-refractivity contribution in [3.63, 3.8) is 0 Å². The van der Waals surface area contributed by atoms with Crippen LogP contribution in [0, 0.1) is 5.82 Å². The average molecular weight is 399 g/mol. The summed E-state index contributed by atoms with van der Waals surface area (Å²) in [5.74, 6) is -0.997. The quantitative estimate of drug-likeness (QED) is 0.740. The Morgan fingerprint density at radius 3 is 2.35 bits per heavy atom. The highest BCUT2D eigenvalue weighted by atomic mass is 35.5. The molecule has 2 N–H and O–H groups in total. The molecule has 0 atom stereocenters. The molecule has 0 bridgehead atoms. The first-order valence-electron chi connectivity index (χ1n) is 7.56. The molecular weight excluding hydrogens is 382 g/mol. The van der Waals surface area contributed by atoms with Crippen LogP contribution in [0.3, 0.4) is 0 Å². The lowest BCUT2D eigenvalue weighted by Crippen LogP contribution is -2.34. The summed E-state index contributed by atoms with van der Waals surface area (Å²) in [7, 11) is 1.17. The minimum absolute atomic E-state index is 0.109. The fraction of sp³-hybridized carbons (Fsp3) is 0.222. The molecule has 0 fully saturated rings. The highest BCUT2D eigenvalue weighted by molar-refractivity contribution is 6.42. The summed E-state index contributed by atoms with van der Waals surface area (Å²) in [5.41, 5.74) is -0.0594. The van der Waals surface area contributed by atoms with Crippen molar-refractivity contribution in [3.8, 4) is 0 Å². The minimum atomic E-state index is -0.932. The summed E-state index contributed by atoms with van der Waals surface area (Å²) in [4.78, 5) is 24.0. The van der Waals surface area contributed by atoms with Crippen LogP contribution in [0.2, 0.25) is 10.0 Å². The number of anilines is 2. The summed E-state index contributed by atoms with van der Waals surface area (Å²) in [6.45, 7) is 3.44. The molecule has 2 aromatic rings. The van der Waals surface area contributed by atoms with Crippen LogP contribution >= 0.6 is 23.2 Å². The lowest BCUT2D eigenvalue weighted by Gasteiger charge is -2.25. The third kappa shape index (κ3) is 4.45. The van der Waals surface area contributed by atoms with Gasteiger partial charge in [-0.25, -0.2) is 9.18 Å². The van der Waals surface area contributed by atoms with E-state index in [2.05, 4.69) is 15.4 Å². The number of carbonyl (C=O) groups excluding carboxylic acids is 2. The van der Waals surface area contributed by atoms with Gasteiger partial charge in [-0.2, -0.15) is 0 Å². The summed E-state index contributed by atoms with van der Waals surface area (Å²) in [6.07, 6.45) is -0.816. The van der Waals surface area contributed by atoms with Crippen LogP contribution < -0.4 is 10.6 Å². The molecule has 138 valence electrons. The van der Waals surface area contributed by atoms with E-state index in [4.69, 9.17) is 23.2 Å².